The lowest BCUT2D eigenvalue weighted by Crippen LogP contribution is -2.17. The Bertz CT molecular complexity index is 929. The van der Waals surface area contributed by atoms with Crippen LogP contribution in [0, 0.1) is 6.92 Å². The number of hydrogen-bond acceptors (Lipinski definition) is 3. The van der Waals surface area contributed by atoms with Gasteiger partial charge in [0.05, 0.1) is 0 Å². The second-order valence-corrected chi connectivity index (χ2v) is 5.20. The maximum Gasteiger partial charge on any atom is 0.573 e. The Labute approximate surface area is 136 Å². The first-order valence-electron chi connectivity index (χ1n) is 6.83. The number of hydrogen-bond donors (Lipinski definition) is 0. The molecule has 0 spiro atoms. The van der Waals surface area contributed by atoms with E-state index in [-0.39, 0.29) is 11.2 Å². The molecule has 0 aliphatic carbocycles. The van der Waals surface area contributed by atoms with E-state index in [0.29, 0.717) is 11.1 Å². The van der Waals surface area contributed by atoms with Crippen LogP contribution in [0.3, 0.4) is 0 Å². The Hall–Kier alpha value is -2.78. The van der Waals surface area contributed by atoms with E-state index in [1.165, 1.54) is 18.2 Å². The van der Waals surface area contributed by atoms with Crippen LogP contribution in [-0.2, 0) is 6.18 Å². The second kappa shape index (κ2) is 5.64. The first kappa shape index (κ1) is 17.1. The first-order chi connectivity index (χ1) is 11.5. The molecule has 0 saturated carbocycles. The number of nitrogens with zero attached hydrogens (tertiary/aromatic N) is 3. The summed E-state index contributed by atoms with van der Waals surface area (Å²) < 4.78 is 80.5. The van der Waals surface area contributed by atoms with Crippen molar-refractivity contribution < 1.29 is 31.1 Å². The molecule has 0 fully saturated rings. The molecule has 3 aromatic rings. The van der Waals surface area contributed by atoms with Gasteiger partial charge in [0, 0.05) is 11.8 Å². The topological polar surface area (TPSA) is 39.4 Å². The van der Waals surface area contributed by atoms with Crippen molar-refractivity contribution in [2.24, 2.45) is 0 Å². The van der Waals surface area contributed by atoms with Gasteiger partial charge in [-0.2, -0.15) is 13.2 Å². The fourth-order valence-corrected chi connectivity index (χ4v) is 2.39. The zero-order valence-electron chi connectivity index (χ0n) is 12.5. The summed E-state index contributed by atoms with van der Waals surface area (Å²) in [4.78, 5) is 0. The molecule has 0 atom stereocenters. The molecular formula is C15H9F6N3O. The molecule has 0 unspecified atom stereocenters. The van der Waals surface area contributed by atoms with Gasteiger partial charge >= 0.3 is 12.5 Å². The Morgan fingerprint density at radius 1 is 1.00 bits per heavy atom. The molecule has 4 nitrogen and oxygen atoms in total. The standard InChI is InChI=1S/C15H9F6N3O/c1-8-5-12-22-23-13(14(16,17)18)24(12)7-11(8)9-3-2-4-10(6-9)25-15(19,20)21/h2-7H,1H3. The van der Waals surface area contributed by atoms with Crippen LogP contribution in [-0.4, -0.2) is 21.0 Å². The van der Waals surface area contributed by atoms with Gasteiger partial charge in [0.15, 0.2) is 5.65 Å². The van der Waals surface area contributed by atoms with Crippen LogP contribution in [0.4, 0.5) is 26.3 Å². The zero-order valence-corrected chi connectivity index (χ0v) is 12.5. The van der Waals surface area contributed by atoms with Crippen LogP contribution in [0.2, 0.25) is 0 Å². The van der Waals surface area contributed by atoms with Crippen LogP contribution >= 0.6 is 0 Å². The molecule has 0 aliphatic heterocycles. The molecule has 2 aromatic heterocycles. The van der Waals surface area contributed by atoms with Crippen molar-refractivity contribution in [2.45, 2.75) is 19.5 Å². The highest BCUT2D eigenvalue weighted by Gasteiger charge is 2.37. The quantitative estimate of drug-likeness (QED) is 0.625. The van der Waals surface area contributed by atoms with E-state index in [1.54, 1.807) is 6.92 Å². The third-order valence-electron chi connectivity index (χ3n) is 3.38. The van der Waals surface area contributed by atoms with Crippen LogP contribution in [0.1, 0.15) is 11.4 Å². The minimum atomic E-state index is -4.87. The van der Waals surface area contributed by atoms with E-state index in [0.717, 1.165) is 22.7 Å². The summed E-state index contributed by atoms with van der Waals surface area (Å²) in [6.07, 6.45) is -8.44. The van der Waals surface area contributed by atoms with E-state index in [2.05, 4.69) is 14.9 Å². The predicted octanol–water partition coefficient (Wildman–Crippen LogP) is 4.62. The maximum absolute atomic E-state index is 13.0. The van der Waals surface area contributed by atoms with E-state index in [1.807, 2.05) is 0 Å². The summed E-state index contributed by atoms with van der Waals surface area (Å²) in [6, 6.07) is 6.35. The summed E-state index contributed by atoms with van der Waals surface area (Å²) in [6.45, 7) is 1.61. The van der Waals surface area contributed by atoms with Gasteiger partial charge < -0.3 is 4.74 Å². The van der Waals surface area contributed by atoms with Crippen LogP contribution in [0.5, 0.6) is 5.75 Å². The largest absolute Gasteiger partial charge is 0.573 e. The van der Waals surface area contributed by atoms with Gasteiger partial charge in [-0.25, -0.2) is 0 Å². The van der Waals surface area contributed by atoms with Gasteiger partial charge in [0.2, 0.25) is 5.82 Å². The highest BCUT2D eigenvalue weighted by Crippen LogP contribution is 2.32. The van der Waals surface area contributed by atoms with E-state index in [4.69, 9.17) is 0 Å². The van der Waals surface area contributed by atoms with Crippen molar-refractivity contribution >= 4 is 5.65 Å². The van der Waals surface area contributed by atoms with Crippen LogP contribution in [0.15, 0.2) is 36.5 Å². The highest BCUT2D eigenvalue weighted by molar-refractivity contribution is 5.70. The SMILES string of the molecule is Cc1cc2nnc(C(F)(F)F)n2cc1-c1cccc(OC(F)(F)F)c1. The van der Waals surface area contributed by atoms with E-state index >= 15 is 0 Å². The second-order valence-electron chi connectivity index (χ2n) is 5.20. The molecule has 25 heavy (non-hydrogen) atoms. The minimum absolute atomic E-state index is 0.0173. The predicted molar refractivity (Wildman–Crippen MR) is 74.8 cm³/mol. The van der Waals surface area contributed by atoms with Crippen molar-refractivity contribution in [1.29, 1.82) is 0 Å². The number of ether oxygens (including phenoxy) is 1. The van der Waals surface area contributed by atoms with Crippen molar-refractivity contribution in [3.63, 3.8) is 0 Å². The number of alkyl halides is 6. The Morgan fingerprint density at radius 2 is 1.72 bits per heavy atom. The van der Waals surface area contributed by atoms with Gasteiger partial charge in [0.25, 0.3) is 0 Å². The number of pyridine rings is 1. The molecular weight excluding hydrogens is 352 g/mol. The number of aromatic nitrogens is 3. The number of benzene rings is 1. The molecule has 2 heterocycles. The van der Waals surface area contributed by atoms with Gasteiger partial charge in [-0.3, -0.25) is 4.40 Å². The smallest absolute Gasteiger partial charge is 0.406 e. The molecule has 0 bridgehead atoms. The van der Waals surface area contributed by atoms with Crippen molar-refractivity contribution in [1.82, 2.24) is 14.6 Å². The molecule has 1 aromatic carbocycles. The lowest BCUT2D eigenvalue weighted by molar-refractivity contribution is -0.274. The summed E-state index contributed by atoms with van der Waals surface area (Å²) in [5.74, 6) is -1.68. The maximum atomic E-state index is 13.0. The molecule has 0 radical (unpaired) electrons. The van der Waals surface area contributed by atoms with E-state index < -0.39 is 24.1 Å². The molecule has 0 amide bonds. The van der Waals surface area contributed by atoms with Gasteiger partial charge in [-0.05, 0) is 36.2 Å². The summed E-state index contributed by atoms with van der Waals surface area (Å²) in [7, 11) is 0. The Morgan fingerprint density at radius 3 is 2.36 bits per heavy atom. The monoisotopic (exact) mass is 361 g/mol. The molecule has 3 rings (SSSR count). The van der Waals surface area contributed by atoms with Crippen molar-refractivity contribution in [3.05, 3.63) is 47.9 Å². The van der Waals surface area contributed by atoms with Gasteiger partial charge in [-0.15, -0.1) is 23.4 Å². The number of fused-ring (bicyclic) bond motifs is 1. The van der Waals surface area contributed by atoms with Crippen molar-refractivity contribution in [2.75, 3.05) is 0 Å². The summed E-state index contributed by atoms with van der Waals surface area (Å²) in [5, 5.41) is 6.59. The fraction of sp³-hybridized carbons (Fsp3) is 0.200. The van der Waals surface area contributed by atoms with Crippen molar-refractivity contribution in [3.8, 4) is 16.9 Å². The number of aryl methyl sites for hydroxylation is 1. The van der Waals surface area contributed by atoms with Crippen LogP contribution < -0.4 is 4.74 Å². The average molecular weight is 361 g/mol. The lowest BCUT2D eigenvalue weighted by Gasteiger charge is -2.12. The van der Waals surface area contributed by atoms with E-state index in [9.17, 15) is 26.3 Å². The number of halogens is 6. The zero-order chi connectivity index (χ0) is 18.4. The first-order valence-corrected chi connectivity index (χ1v) is 6.83. The third-order valence-corrected chi connectivity index (χ3v) is 3.38. The normalized spacial score (nSPS) is 12.6. The molecule has 132 valence electrons. The van der Waals surface area contributed by atoms with Crippen LogP contribution in [0.25, 0.3) is 16.8 Å². The fourth-order valence-electron chi connectivity index (χ4n) is 2.39. The molecule has 10 heteroatoms. The Kier molecular flexibility index (Phi) is 3.85. The Balaban J connectivity index is 2.12. The molecule has 0 saturated heterocycles. The molecule has 0 N–H and O–H groups in total. The average Bonchev–Trinajstić information content (AvgIpc) is 2.87. The van der Waals surface area contributed by atoms with Gasteiger partial charge in [-0.1, -0.05) is 12.1 Å². The summed E-state index contributed by atoms with van der Waals surface area (Å²) >= 11 is 0. The highest BCUT2D eigenvalue weighted by atomic mass is 19.4. The summed E-state index contributed by atoms with van der Waals surface area (Å²) in [5.41, 5.74) is 1.07. The third kappa shape index (κ3) is 3.52. The van der Waals surface area contributed by atoms with Gasteiger partial charge in [0.1, 0.15) is 5.75 Å². The molecule has 0 aliphatic rings. The number of rotatable bonds is 2. The lowest BCUT2D eigenvalue weighted by atomic mass is 10.0. The minimum Gasteiger partial charge on any atom is -0.406 e.